The lowest BCUT2D eigenvalue weighted by Crippen LogP contribution is -1.91. The fourth-order valence-corrected chi connectivity index (χ4v) is 5.13. The van der Waals surface area contributed by atoms with Gasteiger partial charge in [0.15, 0.2) is 0 Å². The van der Waals surface area contributed by atoms with E-state index in [9.17, 15) is 0 Å². The van der Waals surface area contributed by atoms with Gasteiger partial charge in [-0.25, -0.2) is 4.98 Å². The van der Waals surface area contributed by atoms with Gasteiger partial charge in [-0.15, -0.1) is 0 Å². The summed E-state index contributed by atoms with van der Waals surface area (Å²) in [5.74, 6) is 0. The summed E-state index contributed by atoms with van der Waals surface area (Å²) in [6.45, 7) is 0. The van der Waals surface area contributed by atoms with E-state index in [2.05, 4.69) is 57.9 Å². The molecule has 0 bridgehead atoms. The zero-order valence-electron chi connectivity index (χ0n) is 16.3. The van der Waals surface area contributed by atoms with Crippen molar-refractivity contribution in [1.29, 1.82) is 0 Å². The van der Waals surface area contributed by atoms with E-state index >= 15 is 0 Å². The van der Waals surface area contributed by atoms with Crippen LogP contribution >= 0.6 is 0 Å². The number of hydrogen-bond donors (Lipinski definition) is 0. The number of imidazole rings is 1. The number of pyridine rings is 1. The van der Waals surface area contributed by atoms with E-state index < -0.39 is 0 Å². The molecule has 0 aliphatic rings. The van der Waals surface area contributed by atoms with Crippen molar-refractivity contribution in [2.45, 2.75) is 0 Å². The highest BCUT2D eigenvalue weighted by Gasteiger charge is 2.18. The summed E-state index contributed by atoms with van der Waals surface area (Å²) in [5.41, 5.74) is 5.51. The number of hydrogen-bond acceptors (Lipinski definition) is 3. The van der Waals surface area contributed by atoms with Crippen molar-refractivity contribution >= 4 is 71.2 Å². The van der Waals surface area contributed by atoms with Crippen LogP contribution in [0, 0.1) is 0 Å². The van der Waals surface area contributed by atoms with Crippen molar-refractivity contribution in [2.75, 3.05) is 0 Å². The minimum absolute atomic E-state index is 0.829. The molecule has 0 N–H and O–H groups in total. The number of rotatable bonds is 0. The molecule has 0 spiro atoms. The predicted octanol–water partition coefficient (Wildman–Crippen LogP) is 7.44. The predicted molar refractivity (Wildman–Crippen MR) is 125 cm³/mol. The first-order valence-corrected chi connectivity index (χ1v) is 10.3. The third-order valence-electron chi connectivity index (χ3n) is 6.45. The second-order valence-corrected chi connectivity index (χ2v) is 8.05. The van der Waals surface area contributed by atoms with Gasteiger partial charge < -0.3 is 8.83 Å². The summed E-state index contributed by atoms with van der Waals surface area (Å²) in [7, 11) is 0. The van der Waals surface area contributed by atoms with Crippen molar-refractivity contribution < 1.29 is 8.83 Å². The Labute approximate surface area is 174 Å². The van der Waals surface area contributed by atoms with Gasteiger partial charge in [-0.1, -0.05) is 42.5 Å². The highest BCUT2D eigenvalue weighted by molar-refractivity contribution is 6.26. The summed E-state index contributed by atoms with van der Waals surface area (Å²) < 4.78 is 14.6. The molecular weight excluding hydrogens is 384 g/mol. The third kappa shape index (κ3) is 1.83. The summed E-state index contributed by atoms with van der Waals surface area (Å²) >= 11 is 0. The highest BCUT2D eigenvalue weighted by atomic mass is 16.3. The summed E-state index contributed by atoms with van der Waals surface area (Å²) in [6.07, 6.45) is 3.90. The van der Waals surface area contributed by atoms with Gasteiger partial charge in [-0.3, -0.25) is 4.40 Å². The Morgan fingerprint density at radius 3 is 2.29 bits per heavy atom. The van der Waals surface area contributed by atoms with Gasteiger partial charge in [0, 0.05) is 45.4 Å². The lowest BCUT2D eigenvalue weighted by atomic mass is 10.0. The van der Waals surface area contributed by atoms with E-state index in [4.69, 9.17) is 8.83 Å². The summed E-state index contributed by atoms with van der Waals surface area (Å²) in [5, 5.41) is 7.95. The molecule has 4 aromatic carbocycles. The van der Waals surface area contributed by atoms with E-state index in [1.807, 2.05) is 36.7 Å². The molecule has 4 nitrogen and oxygen atoms in total. The molecule has 0 fully saturated rings. The number of fused-ring (bicyclic) bond motifs is 13. The van der Waals surface area contributed by atoms with E-state index in [-0.39, 0.29) is 0 Å². The lowest BCUT2D eigenvalue weighted by molar-refractivity contribution is 0.656. The fourth-order valence-electron chi connectivity index (χ4n) is 5.13. The van der Waals surface area contributed by atoms with Gasteiger partial charge in [0.2, 0.25) is 0 Å². The number of para-hydroxylation sites is 1. The van der Waals surface area contributed by atoms with E-state index in [1.165, 1.54) is 10.8 Å². The third-order valence-corrected chi connectivity index (χ3v) is 6.45. The molecule has 0 unspecified atom stereocenters. The summed E-state index contributed by atoms with van der Waals surface area (Å²) in [6, 6.07) is 25.1. The van der Waals surface area contributed by atoms with Crippen LogP contribution in [0.5, 0.6) is 0 Å². The Hall–Kier alpha value is -4.31. The maximum absolute atomic E-state index is 6.31. The average Bonchev–Trinajstić information content (AvgIpc) is 3.52. The summed E-state index contributed by atoms with van der Waals surface area (Å²) in [4.78, 5) is 4.67. The SMILES string of the molecule is c1ccc2c(c1)oc1cc3oc4ccc5c6ccccc6c6nccn6c5c4c3cc12. The van der Waals surface area contributed by atoms with Gasteiger partial charge in [0.1, 0.15) is 28.0 Å². The number of benzene rings is 4. The van der Waals surface area contributed by atoms with Crippen molar-refractivity contribution in [2.24, 2.45) is 0 Å². The average molecular weight is 398 g/mol. The maximum atomic E-state index is 6.31. The highest BCUT2D eigenvalue weighted by Crippen LogP contribution is 2.41. The van der Waals surface area contributed by atoms with Crippen LogP contribution < -0.4 is 0 Å². The van der Waals surface area contributed by atoms with Crippen molar-refractivity contribution in [1.82, 2.24) is 9.38 Å². The molecule has 31 heavy (non-hydrogen) atoms. The Morgan fingerprint density at radius 1 is 0.581 bits per heavy atom. The minimum atomic E-state index is 0.829. The van der Waals surface area contributed by atoms with E-state index in [0.29, 0.717) is 0 Å². The Morgan fingerprint density at radius 2 is 1.35 bits per heavy atom. The molecule has 0 radical (unpaired) electrons. The molecule has 8 rings (SSSR count). The van der Waals surface area contributed by atoms with E-state index in [1.54, 1.807) is 0 Å². The zero-order valence-corrected chi connectivity index (χ0v) is 16.3. The van der Waals surface area contributed by atoms with Crippen LogP contribution in [0.3, 0.4) is 0 Å². The van der Waals surface area contributed by atoms with Gasteiger partial charge in [-0.05, 0) is 29.7 Å². The standard InChI is InChI=1S/C27H14N2O2/c1-2-7-18-15(5-1)17-9-10-22-25(26(17)29-12-11-28-27(18)29)20-13-19-16-6-3-4-8-21(16)30-23(19)14-24(20)31-22/h1-14H. The maximum Gasteiger partial charge on any atom is 0.145 e. The van der Waals surface area contributed by atoms with Crippen molar-refractivity contribution in [3.63, 3.8) is 0 Å². The van der Waals surface area contributed by atoms with Gasteiger partial charge in [-0.2, -0.15) is 0 Å². The van der Waals surface area contributed by atoms with E-state index in [0.717, 1.165) is 60.4 Å². The van der Waals surface area contributed by atoms with Crippen LogP contribution in [0.2, 0.25) is 0 Å². The fraction of sp³-hybridized carbons (Fsp3) is 0. The smallest absolute Gasteiger partial charge is 0.145 e. The van der Waals surface area contributed by atoms with Crippen LogP contribution in [0.4, 0.5) is 0 Å². The van der Waals surface area contributed by atoms with Crippen molar-refractivity contribution in [3.8, 4) is 0 Å². The second-order valence-electron chi connectivity index (χ2n) is 8.05. The molecule has 4 aromatic heterocycles. The molecule has 4 heterocycles. The van der Waals surface area contributed by atoms with Crippen LogP contribution in [0.25, 0.3) is 71.2 Å². The van der Waals surface area contributed by atoms with Gasteiger partial charge >= 0.3 is 0 Å². The largest absolute Gasteiger partial charge is 0.456 e. The molecule has 0 aliphatic heterocycles. The topological polar surface area (TPSA) is 43.6 Å². The van der Waals surface area contributed by atoms with Gasteiger partial charge in [0.25, 0.3) is 0 Å². The first-order chi connectivity index (χ1) is 15.4. The van der Waals surface area contributed by atoms with Crippen LogP contribution in [0.15, 0.2) is 94.0 Å². The second kappa shape index (κ2) is 5.24. The molecule has 0 atom stereocenters. The van der Waals surface area contributed by atoms with Crippen molar-refractivity contribution in [3.05, 3.63) is 85.2 Å². The van der Waals surface area contributed by atoms with Gasteiger partial charge in [0.05, 0.1) is 10.9 Å². The molecule has 144 valence electrons. The lowest BCUT2D eigenvalue weighted by Gasteiger charge is -2.09. The molecule has 0 saturated heterocycles. The normalized spacial score (nSPS) is 12.5. The number of aromatic nitrogens is 2. The minimum Gasteiger partial charge on any atom is -0.456 e. The van der Waals surface area contributed by atoms with Crippen LogP contribution in [-0.4, -0.2) is 9.38 Å². The Kier molecular flexibility index (Phi) is 2.62. The Balaban J connectivity index is 1.68. The molecular formula is C27H14N2O2. The molecule has 0 saturated carbocycles. The first-order valence-electron chi connectivity index (χ1n) is 10.3. The molecule has 8 aromatic rings. The van der Waals surface area contributed by atoms with Crippen LogP contribution in [0.1, 0.15) is 0 Å². The number of furan rings is 2. The quantitative estimate of drug-likeness (QED) is 0.249. The van der Waals surface area contributed by atoms with Crippen LogP contribution in [-0.2, 0) is 0 Å². The monoisotopic (exact) mass is 398 g/mol. The first kappa shape index (κ1) is 15.5. The molecule has 0 aliphatic carbocycles. The molecule has 4 heteroatoms. The number of nitrogens with zero attached hydrogens (tertiary/aromatic N) is 2. The zero-order chi connectivity index (χ0) is 20.1. The Bertz CT molecular complexity index is 2000. The molecule has 0 amide bonds.